The zero-order chi connectivity index (χ0) is 16.5. The Morgan fingerprint density at radius 3 is 2.58 bits per heavy atom. The Balaban J connectivity index is 1.76. The third-order valence-electron chi connectivity index (χ3n) is 4.74. The molecule has 0 aliphatic carbocycles. The minimum absolute atomic E-state index is 0.459. The highest BCUT2D eigenvalue weighted by Crippen LogP contribution is 2.35. The van der Waals surface area contributed by atoms with E-state index in [4.69, 9.17) is 4.74 Å². The van der Waals surface area contributed by atoms with E-state index in [1.165, 1.54) is 5.56 Å². The quantitative estimate of drug-likeness (QED) is 0.779. The number of fused-ring (bicyclic) bond motifs is 1. The van der Waals surface area contributed by atoms with E-state index in [1.54, 1.807) is 0 Å². The fraction of sp³-hybridized carbons (Fsp3) is 0.300. The molecule has 0 radical (unpaired) electrons. The molecule has 1 aliphatic rings. The second-order valence-electron chi connectivity index (χ2n) is 6.35. The van der Waals surface area contributed by atoms with E-state index >= 15 is 0 Å². The lowest BCUT2D eigenvalue weighted by atomic mass is 9.96. The van der Waals surface area contributed by atoms with Crippen molar-refractivity contribution >= 4 is 10.9 Å². The highest BCUT2D eigenvalue weighted by atomic mass is 16.5. The molecule has 4 nitrogen and oxygen atoms in total. The SMILES string of the molecule is O[C@@H]1[C@@H](O)CCO[C@H]1c1cn(Cc2ccccc2)c2ccccc12. The fourth-order valence-corrected chi connectivity index (χ4v) is 3.47. The van der Waals surface area contributed by atoms with Gasteiger partial charge < -0.3 is 19.5 Å². The molecule has 0 bridgehead atoms. The number of aromatic nitrogens is 1. The van der Waals surface area contributed by atoms with Gasteiger partial charge in [0.1, 0.15) is 12.2 Å². The number of benzene rings is 2. The molecule has 2 heterocycles. The Labute approximate surface area is 140 Å². The van der Waals surface area contributed by atoms with Crippen LogP contribution in [0.2, 0.25) is 0 Å². The van der Waals surface area contributed by atoms with Crippen LogP contribution in [0.5, 0.6) is 0 Å². The zero-order valence-corrected chi connectivity index (χ0v) is 13.4. The van der Waals surface area contributed by atoms with E-state index in [9.17, 15) is 10.2 Å². The molecule has 1 aliphatic heterocycles. The van der Waals surface area contributed by atoms with Crippen LogP contribution in [0.15, 0.2) is 60.8 Å². The minimum Gasteiger partial charge on any atom is -0.390 e. The third kappa shape index (κ3) is 2.73. The molecule has 3 aromatic rings. The van der Waals surface area contributed by atoms with Crippen LogP contribution in [0, 0.1) is 0 Å². The van der Waals surface area contributed by atoms with Crippen LogP contribution in [-0.4, -0.2) is 33.6 Å². The van der Waals surface area contributed by atoms with Crippen molar-refractivity contribution in [1.29, 1.82) is 0 Å². The van der Waals surface area contributed by atoms with E-state index < -0.39 is 18.3 Å². The largest absolute Gasteiger partial charge is 0.390 e. The lowest BCUT2D eigenvalue weighted by molar-refractivity contribution is -0.136. The van der Waals surface area contributed by atoms with Gasteiger partial charge >= 0.3 is 0 Å². The molecule has 1 saturated heterocycles. The third-order valence-corrected chi connectivity index (χ3v) is 4.74. The highest BCUT2D eigenvalue weighted by molar-refractivity contribution is 5.84. The van der Waals surface area contributed by atoms with Gasteiger partial charge in [0, 0.05) is 29.2 Å². The van der Waals surface area contributed by atoms with Crippen LogP contribution in [0.3, 0.4) is 0 Å². The van der Waals surface area contributed by atoms with Crippen molar-refractivity contribution in [2.75, 3.05) is 6.61 Å². The summed E-state index contributed by atoms with van der Waals surface area (Å²) in [6, 6.07) is 18.4. The number of hydrogen-bond donors (Lipinski definition) is 2. The molecule has 24 heavy (non-hydrogen) atoms. The summed E-state index contributed by atoms with van der Waals surface area (Å²) in [5, 5.41) is 21.4. The van der Waals surface area contributed by atoms with E-state index in [0.717, 1.165) is 23.0 Å². The Kier molecular flexibility index (Phi) is 4.10. The maximum Gasteiger partial charge on any atom is 0.113 e. The second-order valence-corrected chi connectivity index (χ2v) is 6.35. The first kappa shape index (κ1) is 15.4. The molecule has 1 aromatic heterocycles. The molecule has 3 atom stereocenters. The Morgan fingerprint density at radius 2 is 1.75 bits per heavy atom. The summed E-state index contributed by atoms with van der Waals surface area (Å²) < 4.78 is 7.97. The summed E-state index contributed by atoms with van der Waals surface area (Å²) in [4.78, 5) is 0. The average molecular weight is 323 g/mol. The predicted octanol–water partition coefficient (Wildman–Crippen LogP) is 2.87. The first-order chi connectivity index (χ1) is 11.7. The van der Waals surface area contributed by atoms with Gasteiger partial charge in [0.15, 0.2) is 0 Å². The van der Waals surface area contributed by atoms with Gasteiger partial charge in [0.25, 0.3) is 0 Å². The molecular weight excluding hydrogens is 302 g/mol. The van der Waals surface area contributed by atoms with Gasteiger partial charge in [-0.15, -0.1) is 0 Å². The molecule has 0 amide bonds. The summed E-state index contributed by atoms with van der Waals surface area (Å²) in [5.74, 6) is 0. The van der Waals surface area contributed by atoms with Crippen LogP contribution in [0.1, 0.15) is 23.7 Å². The predicted molar refractivity (Wildman–Crippen MR) is 92.8 cm³/mol. The molecule has 4 heteroatoms. The molecule has 124 valence electrons. The van der Waals surface area contributed by atoms with Crippen molar-refractivity contribution in [2.45, 2.75) is 31.3 Å². The van der Waals surface area contributed by atoms with Gasteiger partial charge in [0.2, 0.25) is 0 Å². The number of hydrogen-bond acceptors (Lipinski definition) is 3. The number of nitrogens with zero attached hydrogens (tertiary/aromatic N) is 1. The molecule has 0 spiro atoms. The summed E-state index contributed by atoms with van der Waals surface area (Å²) in [5.41, 5.74) is 3.26. The van der Waals surface area contributed by atoms with Crippen LogP contribution in [0.4, 0.5) is 0 Å². The summed E-state index contributed by atoms with van der Waals surface area (Å²) in [6.45, 7) is 1.22. The number of aliphatic hydroxyl groups is 2. The average Bonchev–Trinajstić information content (AvgIpc) is 2.97. The van der Waals surface area contributed by atoms with Crippen molar-refractivity contribution in [3.05, 3.63) is 71.9 Å². The number of rotatable bonds is 3. The van der Waals surface area contributed by atoms with Gasteiger partial charge in [-0.05, 0) is 18.1 Å². The van der Waals surface area contributed by atoms with Crippen LogP contribution >= 0.6 is 0 Å². The van der Waals surface area contributed by atoms with Crippen molar-refractivity contribution in [1.82, 2.24) is 4.57 Å². The lowest BCUT2D eigenvalue weighted by Crippen LogP contribution is -2.39. The van der Waals surface area contributed by atoms with Gasteiger partial charge in [-0.3, -0.25) is 0 Å². The van der Waals surface area contributed by atoms with Crippen molar-refractivity contribution < 1.29 is 14.9 Å². The Bertz CT molecular complexity index is 827. The maximum atomic E-state index is 10.4. The molecular formula is C20H21NO3. The first-order valence-electron chi connectivity index (χ1n) is 8.33. The van der Waals surface area contributed by atoms with Crippen LogP contribution in [0.25, 0.3) is 10.9 Å². The molecule has 1 fully saturated rings. The topological polar surface area (TPSA) is 54.6 Å². The monoisotopic (exact) mass is 323 g/mol. The van der Waals surface area contributed by atoms with Crippen molar-refractivity contribution in [2.24, 2.45) is 0 Å². The molecule has 2 aromatic carbocycles. The van der Waals surface area contributed by atoms with Gasteiger partial charge in [-0.25, -0.2) is 0 Å². The number of aliphatic hydroxyl groups excluding tert-OH is 2. The fourth-order valence-electron chi connectivity index (χ4n) is 3.47. The molecule has 0 saturated carbocycles. The van der Waals surface area contributed by atoms with E-state index in [0.29, 0.717) is 13.0 Å². The standard InChI is InChI=1S/C20H21NO3/c22-18-10-11-24-20(19(18)23)16-13-21(12-14-6-2-1-3-7-14)17-9-5-4-8-15(16)17/h1-9,13,18-20,22-23H,10-12H2/t18-,19+,20-/m0/s1. The molecule has 2 N–H and O–H groups in total. The van der Waals surface area contributed by atoms with Crippen LogP contribution in [-0.2, 0) is 11.3 Å². The molecule has 0 unspecified atom stereocenters. The highest BCUT2D eigenvalue weighted by Gasteiger charge is 2.34. The lowest BCUT2D eigenvalue weighted by Gasteiger charge is -2.31. The zero-order valence-electron chi connectivity index (χ0n) is 13.4. The normalized spacial score (nSPS) is 24.3. The smallest absolute Gasteiger partial charge is 0.113 e. The van der Waals surface area contributed by atoms with E-state index in [2.05, 4.69) is 22.8 Å². The summed E-state index contributed by atoms with van der Waals surface area (Å²) in [7, 11) is 0. The summed E-state index contributed by atoms with van der Waals surface area (Å²) >= 11 is 0. The second kappa shape index (κ2) is 6.40. The minimum atomic E-state index is -0.894. The van der Waals surface area contributed by atoms with E-state index in [1.807, 2.05) is 42.6 Å². The van der Waals surface area contributed by atoms with Crippen molar-refractivity contribution in [3.8, 4) is 0 Å². The van der Waals surface area contributed by atoms with Gasteiger partial charge in [-0.2, -0.15) is 0 Å². The maximum absolute atomic E-state index is 10.4. The summed E-state index contributed by atoms with van der Waals surface area (Å²) in [6.07, 6.45) is 0.398. The Hall–Kier alpha value is -2.14. The van der Waals surface area contributed by atoms with Gasteiger partial charge in [0.05, 0.1) is 12.7 Å². The van der Waals surface area contributed by atoms with Gasteiger partial charge in [-0.1, -0.05) is 48.5 Å². The van der Waals surface area contributed by atoms with E-state index in [-0.39, 0.29) is 0 Å². The number of para-hydroxylation sites is 1. The first-order valence-corrected chi connectivity index (χ1v) is 8.33. The molecule has 4 rings (SSSR count). The number of ether oxygens (including phenoxy) is 1. The van der Waals surface area contributed by atoms with Crippen molar-refractivity contribution in [3.63, 3.8) is 0 Å². The Morgan fingerprint density at radius 1 is 1.00 bits per heavy atom. The van der Waals surface area contributed by atoms with Crippen LogP contribution < -0.4 is 0 Å².